The van der Waals surface area contributed by atoms with Crippen molar-refractivity contribution in [1.29, 1.82) is 0 Å². The maximum Gasteiger partial charge on any atom is 0.227 e. The van der Waals surface area contributed by atoms with Gasteiger partial charge in [0.15, 0.2) is 0 Å². The molecular weight excluding hydrogens is 346 g/mol. The standard InChI is InChI=1S/C19H27N5O3/c1-13-21-16(11-17(22-13)23-6-8-27-9-7-23)14-2-4-24(5-3-14)19(26)15-10-18(25)20-12-15/h11,14-15H,2-10,12H2,1H3,(H,20,25). The van der Waals surface area contributed by atoms with E-state index in [0.29, 0.717) is 18.9 Å². The molecule has 3 aliphatic heterocycles. The number of carbonyl (C=O) groups excluding carboxylic acids is 2. The van der Waals surface area contributed by atoms with E-state index in [2.05, 4.69) is 26.3 Å². The van der Waals surface area contributed by atoms with E-state index in [-0.39, 0.29) is 17.7 Å². The average Bonchev–Trinajstić information content (AvgIpc) is 3.14. The Kier molecular flexibility index (Phi) is 5.24. The van der Waals surface area contributed by atoms with Gasteiger partial charge in [-0.15, -0.1) is 0 Å². The molecule has 3 saturated heterocycles. The van der Waals surface area contributed by atoms with Gasteiger partial charge in [-0.1, -0.05) is 0 Å². The van der Waals surface area contributed by atoms with Crippen molar-refractivity contribution in [3.63, 3.8) is 0 Å². The van der Waals surface area contributed by atoms with Gasteiger partial charge in [-0.3, -0.25) is 9.59 Å². The number of aromatic nitrogens is 2. The molecule has 146 valence electrons. The lowest BCUT2D eigenvalue weighted by molar-refractivity contribution is -0.136. The first-order chi connectivity index (χ1) is 13.1. The van der Waals surface area contributed by atoms with Gasteiger partial charge in [-0.25, -0.2) is 9.97 Å². The largest absolute Gasteiger partial charge is 0.378 e. The first-order valence-corrected chi connectivity index (χ1v) is 9.84. The van der Waals surface area contributed by atoms with Crippen molar-refractivity contribution in [3.05, 3.63) is 17.6 Å². The monoisotopic (exact) mass is 373 g/mol. The number of rotatable bonds is 3. The van der Waals surface area contributed by atoms with Gasteiger partial charge in [0, 0.05) is 56.8 Å². The third-order valence-corrected chi connectivity index (χ3v) is 5.73. The van der Waals surface area contributed by atoms with E-state index in [1.807, 2.05) is 11.8 Å². The fraction of sp³-hybridized carbons (Fsp3) is 0.684. The topological polar surface area (TPSA) is 87.7 Å². The Bertz CT molecular complexity index is 711. The number of nitrogens with zero attached hydrogens (tertiary/aromatic N) is 4. The highest BCUT2D eigenvalue weighted by Crippen LogP contribution is 2.30. The Labute approximate surface area is 159 Å². The Balaban J connectivity index is 1.39. The maximum absolute atomic E-state index is 12.6. The molecule has 3 fully saturated rings. The van der Waals surface area contributed by atoms with Gasteiger partial charge in [0.1, 0.15) is 11.6 Å². The van der Waals surface area contributed by atoms with Crippen molar-refractivity contribution < 1.29 is 14.3 Å². The molecule has 1 N–H and O–H groups in total. The van der Waals surface area contributed by atoms with E-state index in [1.54, 1.807) is 0 Å². The van der Waals surface area contributed by atoms with Gasteiger partial charge in [-0.2, -0.15) is 0 Å². The Morgan fingerprint density at radius 1 is 1.19 bits per heavy atom. The highest BCUT2D eigenvalue weighted by molar-refractivity contribution is 5.89. The van der Waals surface area contributed by atoms with Gasteiger partial charge in [-0.05, 0) is 19.8 Å². The van der Waals surface area contributed by atoms with E-state index in [4.69, 9.17) is 4.74 Å². The predicted octanol–water partition coefficient (Wildman–Crippen LogP) is 0.464. The van der Waals surface area contributed by atoms with Crippen LogP contribution < -0.4 is 10.2 Å². The first kappa shape index (κ1) is 18.2. The molecule has 8 heteroatoms. The number of ether oxygens (including phenoxy) is 1. The van der Waals surface area contributed by atoms with Crippen molar-refractivity contribution in [2.45, 2.75) is 32.1 Å². The molecule has 0 aromatic carbocycles. The number of carbonyl (C=O) groups is 2. The smallest absolute Gasteiger partial charge is 0.227 e. The van der Waals surface area contributed by atoms with Gasteiger partial charge in [0.05, 0.1) is 19.1 Å². The number of morpholine rings is 1. The lowest BCUT2D eigenvalue weighted by Crippen LogP contribution is -2.42. The molecule has 1 aromatic rings. The summed E-state index contributed by atoms with van der Waals surface area (Å²) >= 11 is 0. The molecule has 27 heavy (non-hydrogen) atoms. The van der Waals surface area contributed by atoms with Gasteiger partial charge in [0.2, 0.25) is 11.8 Å². The second-order valence-electron chi connectivity index (χ2n) is 7.60. The lowest BCUT2D eigenvalue weighted by Gasteiger charge is -2.34. The third-order valence-electron chi connectivity index (χ3n) is 5.73. The Morgan fingerprint density at radius 3 is 2.59 bits per heavy atom. The Hall–Kier alpha value is -2.22. The van der Waals surface area contributed by atoms with Crippen LogP contribution in [0.4, 0.5) is 5.82 Å². The van der Waals surface area contributed by atoms with Crippen molar-refractivity contribution in [2.24, 2.45) is 5.92 Å². The van der Waals surface area contributed by atoms with Crippen LogP contribution in [-0.2, 0) is 14.3 Å². The van der Waals surface area contributed by atoms with Crippen LogP contribution in [0.2, 0.25) is 0 Å². The van der Waals surface area contributed by atoms with E-state index in [1.165, 1.54) is 0 Å². The zero-order chi connectivity index (χ0) is 18.8. The second kappa shape index (κ2) is 7.80. The molecule has 2 amide bonds. The number of likely N-dealkylation sites (tertiary alicyclic amines) is 1. The molecule has 1 atom stereocenters. The van der Waals surface area contributed by atoms with Crippen molar-refractivity contribution in [3.8, 4) is 0 Å². The average molecular weight is 373 g/mol. The normalized spacial score (nSPS) is 24.2. The minimum Gasteiger partial charge on any atom is -0.378 e. The SMILES string of the molecule is Cc1nc(C2CCN(C(=O)C3CNC(=O)C3)CC2)cc(N2CCOCC2)n1. The molecule has 4 rings (SSSR count). The zero-order valence-corrected chi connectivity index (χ0v) is 15.8. The summed E-state index contributed by atoms with van der Waals surface area (Å²) < 4.78 is 5.43. The summed E-state index contributed by atoms with van der Waals surface area (Å²) in [6, 6.07) is 2.11. The number of amides is 2. The van der Waals surface area contributed by atoms with E-state index < -0.39 is 0 Å². The summed E-state index contributed by atoms with van der Waals surface area (Å²) in [6.45, 7) is 7.05. The Morgan fingerprint density at radius 2 is 1.93 bits per heavy atom. The minimum absolute atomic E-state index is 0.0182. The molecule has 0 spiro atoms. The second-order valence-corrected chi connectivity index (χ2v) is 7.60. The molecule has 8 nitrogen and oxygen atoms in total. The molecule has 4 heterocycles. The van der Waals surface area contributed by atoms with Crippen LogP contribution in [0.1, 0.15) is 36.7 Å². The highest BCUT2D eigenvalue weighted by Gasteiger charge is 2.33. The fourth-order valence-corrected chi connectivity index (χ4v) is 4.17. The molecule has 0 radical (unpaired) electrons. The molecular formula is C19H27N5O3. The fourth-order valence-electron chi connectivity index (χ4n) is 4.17. The van der Waals surface area contributed by atoms with E-state index in [9.17, 15) is 9.59 Å². The van der Waals surface area contributed by atoms with Gasteiger partial charge >= 0.3 is 0 Å². The number of piperidine rings is 1. The number of aryl methyl sites for hydroxylation is 1. The third kappa shape index (κ3) is 4.05. The lowest BCUT2D eigenvalue weighted by atomic mass is 9.92. The van der Waals surface area contributed by atoms with Crippen LogP contribution >= 0.6 is 0 Å². The van der Waals surface area contributed by atoms with Crippen LogP contribution in [0, 0.1) is 12.8 Å². The molecule has 1 aromatic heterocycles. The zero-order valence-electron chi connectivity index (χ0n) is 15.8. The summed E-state index contributed by atoms with van der Waals surface area (Å²) in [6.07, 6.45) is 2.13. The van der Waals surface area contributed by atoms with Crippen molar-refractivity contribution in [2.75, 3.05) is 50.8 Å². The van der Waals surface area contributed by atoms with Gasteiger partial charge in [0.25, 0.3) is 0 Å². The van der Waals surface area contributed by atoms with E-state index in [0.717, 1.165) is 69.6 Å². The minimum atomic E-state index is -0.191. The van der Waals surface area contributed by atoms with Crippen LogP contribution in [0.3, 0.4) is 0 Å². The molecule has 0 saturated carbocycles. The molecule has 1 unspecified atom stereocenters. The van der Waals surface area contributed by atoms with Crippen molar-refractivity contribution in [1.82, 2.24) is 20.2 Å². The number of hydrogen-bond acceptors (Lipinski definition) is 6. The van der Waals surface area contributed by atoms with E-state index >= 15 is 0 Å². The molecule has 0 bridgehead atoms. The van der Waals surface area contributed by atoms with Crippen LogP contribution in [0.15, 0.2) is 6.07 Å². The molecule has 0 aliphatic carbocycles. The summed E-state index contributed by atoms with van der Waals surface area (Å²) in [4.78, 5) is 37.4. The number of hydrogen-bond donors (Lipinski definition) is 1. The quantitative estimate of drug-likeness (QED) is 0.828. The highest BCUT2D eigenvalue weighted by atomic mass is 16.5. The summed E-state index contributed by atoms with van der Waals surface area (Å²) in [5.41, 5.74) is 1.08. The number of anilines is 1. The van der Waals surface area contributed by atoms with Gasteiger partial charge < -0.3 is 19.9 Å². The predicted molar refractivity (Wildman–Crippen MR) is 99.5 cm³/mol. The van der Waals surface area contributed by atoms with Crippen molar-refractivity contribution >= 4 is 17.6 Å². The van der Waals surface area contributed by atoms with Crippen LogP contribution in [0.25, 0.3) is 0 Å². The maximum atomic E-state index is 12.6. The van der Waals surface area contributed by atoms with Crippen LogP contribution in [-0.4, -0.2) is 72.6 Å². The summed E-state index contributed by atoms with van der Waals surface area (Å²) in [7, 11) is 0. The van der Waals surface area contributed by atoms with Crippen LogP contribution in [0.5, 0.6) is 0 Å². The summed E-state index contributed by atoms with van der Waals surface area (Å²) in [5, 5.41) is 2.75. The first-order valence-electron chi connectivity index (χ1n) is 9.84. The molecule has 3 aliphatic rings. The number of nitrogens with one attached hydrogen (secondary N) is 1. The summed E-state index contributed by atoms with van der Waals surface area (Å²) in [5.74, 6) is 2.02.